The van der Waals surface area contributed by atoms with Gasteiger partial charge >= 0.3 is 0 Å². The van der Waals surface area contributed by atoms with E-state index in [0.29, 0.717) is 19.4 Å². The molecular weight excluding hydrogens is 303 g/mol. The van der Waals surface area contributed by atoms with Crippen LogP contribution in [0.15, 0.2) is 12.1 Å². The first-order valence-electron chi connectivity index (χ1n) is 6.96. The molecule has 1 aromatic rings. The molecule has 1 saturated heterocycles. The van der Waals surface area contributed by atoms with Crippen molar-refractivity contribution < 1.29 is 21.6 Å². The summed E-state index contributed by atoms with van der Waals surface area (Å²) in [6, 6.07) is 1.08. The van der Waals surface area contributed by atoms with Crippen molar-refractivity contribution in [2.45, 2.75) is 37.5 Å². The predicted molar refractivity (Wildman–Crippen MR) is 74.2 cm³/mol. The average molecular weight is 321 g/mol. The summed E-state index contributed by atoms with van der Waals surface area (Å²) < 4.78 is 64.9. The number of rotatable bonds is 4. The van der Waals surface area contributed by atoms with Gasteiger partial charge in [0.25, 0.3) is 0 Å². The van der Waals surface area contributed by atoms with E-state index < -0.39 is 38.6 Å². The van der Waals surface area contributed by atoms with E-state index in [2.05, 4.69) is 5.32 Å². The van der Waals surface area contributed by atoms with Gasteiger partial charge in [0.15, 0.2) is 27.3 Å². The Morgan fingerprint density at radius 1 is 1.24 bits per heavy atom. The van der Waals surface area contributed by atoms with Crippen molar-refractivity contribution >= 4 is 9.84 Å². The first-order valence-corrected chi connectivity index (χ1v) is 8.68. The van der Waals surface area contributed by atoms with E-state index in [1.165, 1.54) is 0 Å². The third-order valence-electron chi connectivity index (χ3n) is 3.82. The fourth-order valence-corrected chi connectivity index (χ4v) is 4.89. The van der Waals surface area contributed by atoms with Gasteiger partial charge in [-0.2, -0.15) is 0 Å². The first kappa shape index (κ1) is 16.3. The third kappa shape index (κ3) is 3.23. The Hall–Kier alpha value is -1.08. The zero-order valence-electron chi connectivity index (χ0n) is 11.7. The first-order chi connectivity index (χ1) is 9.88. The van der Waals surface area contributed by atoms with Crippen LogP contribution in [0.25, 0.3) is 0 Å². The normalized spacial score (nSPS) is 23.0. The van der Waals surface area contributed by atoms with E-state index in [-0.39, 0.29) is 11.3 Å². The Labute approximate surface area is 122 Å². The molecule has 2 rings (SSSR count). The van der Waals surface area contributed by atoms with Crippen LogP contribution in [0.5, 0.6) is 0 Å². The predicted octanol–water partition coefficient (Wildman–Crippen LogP) is 2.72. The van der Waals surface area contributed by atoms with Gasteiger partial charge in [0.2, 0.25) is 0 Å². The highest BCUT2D eigenvalue weighted by molar-refractivity contribution is 7.92. The van der Waals surface area contributed by atoms with Gasteiger partial charge in [-0.25, -0.2) is 21.6 Å². The molecule has 2 unspecified atom stereocenters. The maximum absolute atomic E-state index is 14.0. The molecule has 118 valence electrons. The molecule has 0 spiro atoms. The maximum Gasteiger partial charge on any atom is 0.194 e. The van der Waals surface area contributed by atoms with E-state index in [4.69, 9.17) is 0 Å². The Morgan fingerprint density at radius 2 is 1.95 bits per heavy atom. The molecule has 1 N–H and O–H groups in total. The van der Waals surface area contributed by atoms with Crippen molar-refractivity contribution in [2.24, 2.45) is 0 Å². The molecule has 1 aromatic carbocycles. The van der Waals surface area contributed by atoms with Crippen LogP contribution in [-0.4, -0.2) is 26.0 Å². The number of hydrogen-bond acceptors (Lipinski definition) is 3. The second-order valence-corrected chi connectivity index (χ2v) is 7.54. The smallest absolute Gasteiger partial charge is 0.194 e. The van der Waals surface area contributed by atoms with Gasteiger partial charge in [-0.05, 0) is 25.5 Å². The van der Waals surface area contributed by atoms with Crippen LogP contribution in [0.2, 0.25) is 0 Å². The quantitative estimate of drug-likeness (QED) is 0.868. The zero-order valence-corrected chi connectivity index (χ0v) is 12.5. The summed E-state index contributed by atoms with van der Waals surface area (Å²) in [5.41, 5.74) is -0.133. The highest BCUT2D eigenvalue weighted by Gasteiger charge is 2.37. The number of benzene rings is 1. The third-order valence-corrected chi connectivity index (χ3v) is 6.11. The van der Waals surface area contributed by atoms with Gasteiger partial charge in [-0.15, -0.1) is 0 Å². The van der Waals surface area contributed by atoms with Gasteiger partial charge in [0.1, 0.15) is 0 Å². The molecule has 0 aliphatic carbocycles. The summed E-state index contributed by atoms with van der Waals surface area (Å²) in [7, 11) is -3.38. The van der Waals surface area contributed by atoms with Crippen LogP contribution in [-0.2, 0) is 9.84 Å². The van der Waals surface area contributed by atoms with E-state index >= 15 is 0 Å². The highest BCUT2D eigenvalue weighted by atomic mass is 32.2. The Kier molecular flexibility index (Phi) is 4.93. The largest absolute Gasteiger partial charge is 0.309 e. The topological polar surface area (TPSA) is 46.2 Å². The molecule has 7 heteroatoms. The molecule has 1 fully saturated rings. The average Bonchev–Trinajstić information content (AvgIpc) is 2.43. The summed E-state index contributed by atoms with van der Waals surface area (Å²) in [4.78, 5) is 0. The van der Waals surface area contributed by atoms with Crippen molar-refractivity contribution in [3.05, 3.63) is 35.1 Å². The molecule has 1 aliphatic rings. The molecule has 3 nitrogen and oxygen atoms in total. The Balaban J connectivity index is 2.46. The molecule has 0 amide bonds. The van der Waals surface area contributed by atoms with Gasteiger partial charge < -0.3 is 5.32 Å². The molecule has 0 radical (unpaired) electrons. The van der Waals surface area contributed by atoms with Gasteiger partial charge in [0, 0.05) is 5.56 Å². The van der Waals surface area contributed by atoms with Crippen LogP contribution in [0.1, 0.15) is 37.8 Å². The minimum Gasteiger partial charge on any atom is -0.309 e. The van der Waals surface area contributed by atoms with Crippen molar-refractivity contribution in [1.29, 1.82) is 0 Å². The maximum atomic E-state index is 14.0. The van der Waals surface area contributed by atoms with Crippen LogP contribution in [0, 0.1) is 17.5 Å². The van der Waals surface area contributed by atoms with E-state index in [1.54, 1.807) is 6.92 Å². The fourth-order valence-electron chi connectivity index (χ4n) is 2.80. The summed E-state index contributed by atoms with van der Waals surface area (Å²) in [5, 5.41) is 2.09. The minimum atomic E-state index is -3.38. The standard InChI is InChI=1S/C14H18F3NO2S/c1-2-18-14(11-5-3-4-8-21(11,19)20)9-6-7-10(15)13(17)12(9)16/h6-7,11,14,18H,2-5,8H2,1H3. The summed E-state index contributed by atoms with van der Waals surface area (Å²) in [5.74, 6) is -4.12. The van der Waals surface area contributed by atoms with Crippen molar-refractivity contribution in [1.82, 2.24) is 5.32 Å². The second-order valence-electron chi connectivity index (χ2n) is 5.20. The lowest BCUT2D eigenvalue weighted by Gasteiger charge is -2.31. The Morgan fingerprint density at radius 3 is 2.57 bits per heavy atom. The lowest BCUT2D eigenvalue weighted by atomic mass is 9.98. The molecule has 0 aromatic heterocycles. The lowest BCUT2D eigenvalue weighted by Crippen LogP contribution is -2.41. The van der Waals surface area contributed by atoms with E-state index in [1.807, 2.05) is 0 Å². The fraction of sp³-hybridized carbons (Fsp3) is 0.571. The van der Waals surface area contributed by atoms with Gasteiger partial charge in [-0.1, -0.05) is 19.4 Å². The van der Waals surface area contributed by atoms with Crippen LogP contribution < -0.4 is 5.32 Å². The van der Waals surface area contributed by atoms with Crippen molar-refractivity contribution in [2.75, 3.05) is 12.3 Å². The monoisotopic (exact) mass is 321 g/mol. The van der Waals surface area contributed by atoms with Crippen LogP contribution in [0.4, 0.5) is 13.2 Å². The van der Waals surface area contributed by atoms with E-state index in [9.17, 15) is 21.6 Å². The van der Waals surface area contributed by atoms with E-state index in [0.717, 1.165) is 18.6 Å². The number of halogens is 3. The summed E-state index contributed by atoms with van der Waals surface area (Å²) >= 11 is 0. The second kappa shape index (κ2) is 6.36. The molecule has 0 saturated carbocycles. The molecule has 1 heterocycles. The number of hydrogen-bond donors (Lipinski definition) is 1. The molecule has 21 heavy (non-hydrogen) atoms. The highest BCUT2D eigenvalue weighted by Crippen LogP contribution is 2.33. The van der Waals surface area contributed by atoms with Gasteiger partial charge in [-0.3, -0.25) is 0 Å². The lowest BCUT2D eigenvalue weighted by molar-refractivity contribution is 0.407. The SMILES string of the molecule is CCNC(c1ccc(F)c(F)c1F)C1CCCCS1(=O)=O. The minimum absolute atomic E-state index is 0.0465. The molecule has 1 aliphatic heterocycles. The van der Waals surface area contributed by atoms with Crippen LogP contribution >= 0.6 is 0 Å². The molecule has 2 atom stereocenters. The van der Waals surface area contributed by atoms with Crippen molar-refractivity contribution in [3.8, 4) is 0 Å². The van der Waals surface area contributed by atoms with Crippen molar-refractivity contribution in [3.63, 3.8) is 0 Å². The summed E-state index contributed by atoms with van der Waals surface area (Å²) in [6.07, 6.45) is 1.69. The number of nitrogens with one attached hydrogen (secondary N) is 1. The zero-order chi connectivity index (χ0) is 15.6. The van der Waals surface area contributed by atoms with Crippen LogP contribution in [0.3, 0.4) is 0 Å². The molecule has 0 bridgehead atoms. The molecular formula is C14H18F3NO2S. The summed E-state index contributed by atoms with van der Waals surface area (Å²) in [6.45, 7) is 2.15. The number of sulfone groups is 1. The Bertz CT molecular complexity index is 619. The van der Waals surface area contributed by atoms with Gasteiger partial charge in [0.05, 0.1) is 17.0 Å².